The van der Waals surface area contributed by atoms with Crippen LogP contribution in [0.3, 0.4) is 0 Å². The highest BCUT2D eigenvalue weighted by Crippen LogP contribution is 2.29. The van der Waals surface area contributed by atoms with Crippen molar-refractivity contribution in [2.75, 3.05) is 0 Å². The van der Waals surface area contributed by atoms with Gasteiger partial charge in [-0.25, -0.2) is 9.59 Å². The third-order valence-electron chi connectivity index (χ3n) is 5.32. The van der Waals surface area contributed by atoms with Gasteiger partial charge in [-0.05, 0) is 42.6 Å². The molecule has 0 saturated carbocycles. The van der Waals surface area contributed by atoms with E-state index in [0.717, 1.165) is 36.5 Å². The van der Waals surface area contributed by atoms with Crippen LogP contribution in [0.5, 0.6) is 0 Å². The maximum Gasteiger partial charge on any atom is 0.408 e. The lowest BCUT2D eigenvalue weighted by Crippen LogP contribution is -2.47. The molecule has 0 unspecified atom stereocenters. The van der Waals surface area contributed by atoms with Crippen LogP contribution in [0.1, 0.15) is 24.5 Å². The fraction of sp³-hybridized carbons (Fsp3) is 0.417. The van der Waals surface area contributed by atoms with E-state index in [4.69, 9.17) is 9.84 Å². The molecule has 0 aliphatic heterocycles. The highest BCUT2D eigenvalue weighted by molar-refractivity contribution is 6.81. The topological polar surface area (TPSA) is 95.9 Å². The van der Waals surface area contributed by atoms with Crippen LogP contribution in [0, 0.1) is 0 Å². The Balaban J connectivity index is 2.55. The zero-order chi connectivity index (χ0) is 23.3. The Kier molecular flexibility index (Phi) is 11.6. The Hall–Kier alpha value is -2.64. The molecule has 1 aromatic carbocycles. The minimum Gasteiger partial charge on any atom is -0.480 e. The number of rotatable bonds is 15. The number of nitrogens with one attached hydrogen (secondary N) is 1. The summed E-state index contributed by atoms with van der Waals surface area (Å²) in [5.41, 5.74) is 2.02. The number of aliphatic carboxylic acids is 1. The number of carboxylic acids is 1. The number of ether oxygens (including phenoxy) is 1. The summed E-state index contributed by atoms with van der Waals surface area (Å²) in [6, 6.07) is 10.8. The molecule has 0 heterocycles. The molecule has 0 radical (unpaired) electrons. The van der Waals surface area contributed by atoms with Gasteiger partial charge in [0.25, 0.3) is 0 Å². The van der Waals surface area contributed by atoms with Crippen molar-refractivity contribution in [2.24, 2.45) is 0 Å². The minimum absolute atomic E-state index is 0.0201. The Morgan fingerprint density at radius 1 is 1.06 bits per heavy atom. The number of benzene rings is 1. The number of aliphatic hydroxyl groups excluding tert-OH is 1. The monoisotopic (exact) mass is 445 g/mol. The molecule has 0 aliphatic rings. The Morgan fingerprint density at radius 3 is 2.03 bits per heavy atom. The zero-order valence-electron chi connectivity index (χ0n) is 18.4. The Bertz CT molecular complexity index is 718. The molecular formula is C24H35NO5Si. The molecule has 0 saturated heterocycles. The van der Waals surface area contributed by atoms with Gasteiger partial charge in [0.15, 0.2) is 6.04 Å². The van der Waals surface area contributed by atoms with E-state index in [1.165, 1.54) is 18.5 Å². The number of hydrogen-bond donors (Lipinski definition) is 3. The van der Waals surface area contributed by atoms with E-state index >= 15 is 0 Å². The number of amides is 1. The highest BCUT2D eigenvalue weighted by Gasteiger charge is 2.28. The molecule has 0 bridgehead atoms. The normalized spacial score (nSPS) is 13.0. The third kappa shape index (κ3) is 9.36. The van der Waals surface area contributed by atoms with Gasteiger partial charge in [0.1, 0.15) is 6.61 Å². The quantitative estimate of drug-likeness (QED) is 0.269. The second kappa shape index (κ2) is 13.6. The predicted molar refractivity (Wildman–Crippen MR) is 127 cm³/mol. The molecule has 170 valence electrons. The molecule has 1 amide bonds. The highest BCUT2D eigenvalue weighted by atomic mass is 28.3. The zero-order valence-corrected chi connectivity index (χ0v) is 19.4. The van der Waals surface area contributed by atoms with Crippen LogP contribution in [0.4, 0.5) is 4.79 Å². The molecule has 0 fully saturated rings. The summed E-state index contributed by atoms with van der Waals surface area (Å²) in [6.45, 7) is 13.1. The van der Waals surface area contributed by atoms with Crippen molar-refractivity contribution in [2.45, 2.75) is 62.7 Å². The van der Waals surface area contributed by atoms with Gasteiger partial charge in [-0.2, -0.15) is 0 Å². The van der Waals surface area contributed by atoms with Crippen LogP contribution in [0.2, 0.25) is 24.2 Å². The molecule has 0 aromatic heterocycles. The second-order valence-electron chi connectivity index (χ2n) is 7.93. The first-order chi connectivity index (χ1) is 14.8. The number of carboxylic acid groups (broad SMARTS) is 1. The van der Waals surface area contributed by atoms with Gasteiger partial charge in [-0.15, -0.1) is 19.7 Å². The first-order valence-corrected chi connectivity index (χ1v) is 13.3. The van der Waals surface area contributed by atoms with E-state index < -0.39 is 32.3 Å². The van der Waals surface area contributed by atoms with Crippen molar-refractivity contribution in [3.8, 4) is 0 Å². The van der Waals surface area contributed by atoms with Gasteiger partial charge in [-0.3, -0.25) is 0 Å². The molecule has 3 N–H and O–H groups in total. The number of aliphatic hydroxyl groups is 1. The summed E-state index contributed by atoms with van der Waals surface area (Å²) in [5, 5.41) is 20.5. The van der Waals surface area contributed by atoms with Gasteiger partial charge in [-0.1, -0.05) is 55.0 Å². The van der Waals surface area contributed by atoms with Crippen LogP contribution in [0.25, 0.3) is 0 Å². The molecule has 6 nitrogen and oxygen atoms in total. The third-order valence-corrected chi connectivity index (χ3v) is 10.2. The molecule has 0 spiro atoms. The van der Waals surface area contributed by atoms with Gasteiger partial charge in [0.05, 0.1) is 14.2 Å². The molecule has 1 aromatic rings. The first-order valence-electron chi connectivity index (χ1n) is 10.5. The second-order valence-corrected chi connectivity index (χ2v) is 12.7. The van der Waals surface area contributed by atoms with Gasteiger partial charge < -0.3 is 20.3 Å². The summed E-state index contributed by atoms with van der Waals surface area (Å²) in [7, 11) is -1.49. The molecule has 1 rings (SSSR count). The van der Waals surface area contributed by atoms with Crippen molar-refractivity contribution in [3.05, 3.63) is 73.4 Å². The standard InChI is InChI=1S/C24H35NO5Si/c1-5-14-31(15-6-2,16-7-3)17-8-9-20-10-12-21(13-11-20)18-30-24(29)25-22(19(4)26)23(27)28/h5-7,10-13,19,22,26H,1-3,8-9,14-18H2,4H3,(H,25,29)(H,27,28)/t19-,22+/m1/s1. The number of allylic oxidation sites excluding steroid dienone is 3. The van der Waals surface area contributed by atoms with Crippen molar-refractivity contribution in [3.63, 3.8) is 0 Å². The largest absolute Gasteiger partial charge is 0.480 e. The van der Waals surface area contributed by atoms with Crippen molar-refractivity contribution < 1.29 is 24.5 Å². The molecule has 2 atom stereocenters. The summed E-state index contributed by atoms with van der Waals surface area (Å²) in [4.78, 5) is 22.8. The lowest BCUT2D eigenvalue weighted by Gasteiger charge is -2.28. The van der Waals surface area contributed by atoms with Crippen molar-refractivity contribution in [1.29, 1.82) is 0 Å². The van der Waals surface area contributed by atoms with E-state index in [1.807, 2.05) is 42.5 Å². The molecule has 0 aliphatic carbocycles. The Morgan fingerprint density at radius 2 is 1.58 bits per heavy atom. The number of hydrogen-bond acceptors (Lipinski definition) is 4. The van der Waals surface area contributed by atoms with E-state index in [1.54, 1.807) is 0 Å². The number of carbonyl (C=O) groups excluding carboxylic acids is 1. The van der Waals surface area contributed by atoms with Crippen LogP contribution < -0.4 is 5.32 Å². The van der Waals surface area contributed by atoms with Crippen molar-refractivity contribution in [1.82, 2.24) is 5.32 Å². The van der Waals surface area contributed by atoms with Crippen LogP contribution in [0.15, 0.2) is 62.2 Å². The summed E-state index contributed by atoms with van der Waals surface area (Å²) >= 11 is 0. The maximum atomic E-state index is 11.8. The number of alkyl carbamates (subject to hydrolysis) is 1. The molecule has 7 heteroatoms. The number of carbonyl (C=O) groups is 2. The summed E-state index contributed by atoms with van der Waals surface area (Å²) < 4.78 is 5.06. The summed E-state index contributed by atoms with van der Waals surface area (Å²) in [5.74, 6) is -1.32. The lowest BCUT2D eigenvalue weighted by atomic mass is 10.1. The van der Waals surface area contributed by atoms with Crippen LogP contribution in [-0.2, 0) is 22.6 Å². The van der Waals surface area contributed by atoms with E-state index in [2.05, 4.69) is 25.1 Å². The van der Waals surface area contributed by atoms with Crippen LogP contribution >= 0.6 is 0 Å². The number of aryl methyl sites for hydroxylation is 1. The minimum atomic E-state index is -1.49. The van der Waals surface area contributed by atoms with Crippen LogP contribution in [-0.4, -0.2) is 42.5 Å². The fourth-order valence-corrected chi connectivity index (χ4v) is 7.53. The summed E-state index contributed by atoms with van der Waals surface area (Å²) in [6.07, 6.45) is 6.05. The Labute approximate surface area is 186 Å². The smallest absolute Gasteiger partial charge is 0.408 e. The van der Waals surface area contributed by atoms with Gasteiger partial charge in [0, 0.05) is 0 Å². The van der Waals surface area contributed by atoms with Gasteiger partial charge in [0.2, 0.25) is 0 Å². The average Bonchev–Trinajstić information content (AvgIpc) is 2.71. The van der Waals surface area contributed by atoms with E-state index in [9.17, 15) is 14.7 Å². The average molecular weight is 446 g/mol. The predicted octanol–water partition coefficient (Wildman–Crippen LogP) is 4.69. The lowest BCUT2D eigenvalue weighted by molar-refractivity contribution is -0.142. The SMILES string of the molecule is C=CC[Si](CC=C)(CC=C)CCCc1ccc(COC(=O)N[C@H](C(=O)O)[C@@H](C)O)cc1. The molecule has 31 heavy (non-hydrogen) atoms. The van der Waals surface area contributed by atoms with Crippen molar-refractivity contribution >= 4 is 20.1 Å². The van der Waals surface area contributed by atoms with E-state index in [0.29, 0.717) is 0 Å². The fourth-order valence-electron chi connectivity index (χ4n) is 3.65. The van der Waals surface area contributed by atoms with E-state index in [-0.39, 0.29) is 6.61 Å². The van der Waals surface area contributed by atoms with Gasteiger partial charge >= 0.3 is 12.1 Å². The maximum absolute atomic E-state index is 11.8. The molecular weight excluding hydrogens is 410 g/mol. The first kappa shape index (κ1) is 26.4.